The number of guanidine groups is 1. The van der Waals surface area contributed by atoms with Crippen LogP contribution in [0, 0.1) is 5.41 Å². The molecule has 1 saturated carbocycles. The van der Waals surface area contributed by atoms with Gasteiger partial charge in [-0.3, -0.25) is 0 Å². The number of nitrogens with zero attached hydrogens (tertiary/aromatic N) is 2. The summed E-state index contributed by atoms with van der Waals surface area (Å²) in [6.07, 6.45) is 2.49. The smallest absolute Gasteiger partial charge is 0.212 e. The zero-order chi connectivity index (χ0) is 12.4. The highest BCUT2D eigenvalue weighted by Gasteiger charge is 2.61. The first-order valence-corrected chi connectivity index (χ1v) is 6.79. The lowest BCUT2D eigenvalue weighted by atomic mass is 9.70. The molecular formula is C12H18N4S. The minimum atomic E-state index is 0.0918. The van der Waals surface area contributed by atoms with E-state index in [1.165, 1.54) is 23.4 Å². The summed E-state index contributed by atoms with van der Waals surface area (Å²) in [4.78, 5) is 10.1. The predicted molar refractivity (Wildman–Crippen MR) is 70.7 cm³/mol. The highest BCUT2D eigenvalue weighted by atomic mass is 32.1. The van der Waals surface area contributed by atoms with Gasteiger partial charge in [0.2, 0.25) is 5.13 Å². The summed E-state index contributed by atoms with van der Waals surface area (Å²) in [5.41, 5.74) is 12.6. The van der Waals surface area contributed by atoms with Crippen LogP contribution in [0.2, 0.25) is 0 Å². The number of hydrogen-bond acceptors (Lipinski definition) is 3. The molecule has 1 heterocycles. The molecular weight excluding hydrogens is 232 g/mol. The first-order chi connectivity index (χ1) is 7.86. The van der Waals surface area contributed by atoms with Crippen LogP contribution in [0.3, 0.4) is 0 Å². The van der Waals surface area contributed by atoms with Crippen LogP contribution in [-0.4, -0.2) is 10.9 Å². The van der Waals surface area contributed by atoms with E-state index in [1.807, 2.05) is 0 Å². The standard InChI is InChI=1S/C12H18N4S/c1-11(2)6-4-5-12(11,3)8-7(6)17-10(15-8)16-9(13)14/h6H,4-5H2,1-3H3,(H4,13,14,15,16)/t6-,12-/m1/s1. The monoisotopic (exact) mass is 250 g/mol. The molecule has 0 saturated heterocycles. The summed E-state index contributed by atoms with van der Waals surface area (Å²) in [6, 6.07) is 0. The Hall–Kier alpha value is -1.10. The summed E-state index contributed by atoms with van der Waals surface area (Å²) < 4.78 is 0. The number of fused-ring (bicyclic) bond motifs is 5. The molecule has 4 nitrogen and oxygen atoms in total. The van der Waals surface area contributed by atoms with Crippen LogP contribution in [0.5, 0.6) is 0 Å². The first-order valence-electron chi connectivity index (χ1n) is 5.97. The van der Waals surface area contributed by atoms with Crippen LogP contribution in [0.1, 0.15) is 50.1 Å². The van der Waals surface area contributed by atoms with Gasteiger partial charge < -0.3 is 11.5 Å². The van der Waals surface area contributed by atoms with Gasteiger partial charge >= 0.3 is 0 Å². The Morgan fingerprint density at radius 3 is 2.71 bits per heavy atom. The van der Waals surface area contributed by atoms with Crippen LogP contribution >= 0.6 is 11.3 Å². The summed E-state index contributed by atoms with van der Waals surface area (Å²) in [6.45, 7) is 7.05. The molecule has 1 fully saturated rings. The zero-order valence-electron chi connectivity index (χ0n) is 10.4. The van der Waals surface area contributed by atoms with E-state index in [-0.39, 0.29) is 11.4 Å². The van der Waals surface area contributed by atoms with Crippen LogP contribution < -0.4 is 11.5 Å². The average Bonchev–Trinajstić information content (AvgIpc) is 2.73. The fraction of sp³-hybridized carbons (Fsp3) is 0.667. The van der Waals surface area contributed by atoms with Gasteiger partial charge in [0.05, 0.1) is 5.69 Å². The second-order valence-electron chi connectivity index (χ2n) is 5.89. The van der Waals surface area contributed by atoms with E-state index in [0.717, 1.165) is 0 Å². The SMILES string of the molecule is CC1(C)[C@@H]2CC[C@]1(C)c1nc(N=C(N)N)sc12. The van der Waals surface area contributed by atoms with Gasteiger partial charge in [0.15, 0.2) is 5.96 Å². The van der Waals surface area contributed by atoms with Crippen molar-refractivity contribution in [1.29, 1.82) is 0 Å². The van der Waals surface area contributed by atoms with Gasteiger partial charge in [-0.15, -0.1) is 0 Å². The van der Waals surface area contributed by atoms with Gasteiger partial charge in [0, 0.05) is 16.2 Å². The van der Waals surface area contributed by atoms with Crippen LogP contribution in [0.25, 0.3) is 0 Å². The maximum Gasteiger partial charge on any atom is 0.212 e. The largest absolute Gasteiger partial charge is 0.370 e. The molecule has 4 N–H and O–H groups in total. The quantitative estimate of drug-likeness (QED) is 0.592. The molecule has 2 aliphatic carbocycles. The lowest BCUT2D eigenvalue weighted by molar-refractivity contribution is 0.227. The summed E-state index contributed by atoms with van der Waals surface area (Å²) in [5.74, 6) is 0.720. The van der Waals surface area contributed by atoms with Crippen molar-refractivity contribution in [3.05, 3.63) is 10.6 Å². The molecule has 2 aliphatic rings. The molecule has 2 bridgehead atoms. The molecule has 0 aromatic carbocycles. The third-order valence-electron chi connectivity index (χ3n) is 4.93. The molecule has 0 amide bonds. The Morgan fingerprint density at radius 2 is 2.12 bits per heavy atom. The Labute approximate surface area is 105 Å². The van der Waals surface area contributed by atoms with E-state index < -0.39 is 0 Å². The molecule has 0 unspecified atom stereocenters. The topological polar surface area (TPSA) is 77.3 Å². The Balaban J connectivity index is 2.13. The lowest BCUT2D eigenvalue weighted by Gasteiger charge is -2.34. The van der Waals surface area contributed by atoms with Crippen molar-refractivity contribution in [2.75, 3.05) is 0 Å². The number of thiazole rings is 1. The highest BCUT2D eigenvalue weighted by molar-refractivity contribution is 7.15. The van der Waals surface area contributed by atoms with E-state index in [2.05, 4.69) is 30.7 Å². The van der Waals surface area contributed by atoms with Crippen LogP contribution in [0.15, 0.2) is 4.99 Å². The molecule has 3 rings (SSSR count). The fourth-order valence-electron chi connectivity index (χ4n) is 3.49. The molecule has 0 spiro atoms. The number of nitrogens with two attached hydrogens (primary N) is 2. The fourth-order valence-corrected chi connectivity index (χ4v) is 4.90. The molecule has 2 atom stereocenters. The second kappa shape index (κ2) is 3.02. The molecule has 17 heavy (non-hydrogen) atoms. The van der Waals surface area contributed by atoms with Crippen molar-refractivity contribution in [3.63, 3.8) is 0 Å². The van der Waals surface area contributed by atoms with Crippen molar-refractivity contribution >= 4 is 22.4 Å². The molecule has 1 aromatic rings. The third kappa shape index (κ3) is 1.18. The van der Waals surface area contributed by atoms with E-state index in [1.54, 1.807) is 11.3 Å². The van der Waals surface area contributed by atoms with E-state index in [4.69, 9.17) is 11.5 Å². The maximum absolute atomic E-state index is 5.41. The van der Waals surface area contributed by atoms with Gasteiger partial charge in [0.25, 0.3) is 0 Å². The molecule has 5 heteroatoms. The Morgan fingerprint density at radius 1 is 1.41 bits per heavy atom. The van der Waals surface area contributed by atoms with E-state index >= 15 is 0 Å². The van der Waals surface area contributed by atoms with Crippen LogP contribution in [0.4, 0.5) is 5.13 Å². The highest BCUT2D eigenvalue weighted by Crippen LogP contribution is 2.68. The van der Waals surface area contributed by atoms with Crippen LogP contribution in [-0.2, 0) is 5.41 Å². The number of rotatable bonds is 1. The number of hydrogen-bond donors (Lipinski definition) is 2. The lowest BCUT2D eigenvalue weighted by Crippen LogP contribution is -2.31. The van der Waals surface area contributed by atoms with E-state index in [0.29, 0.717) is 16.5 Å². The molecule has 0 aliphatic heterocycles. The number of aliphatic imine (C=N–C) groups is 1. The Kier molecular flexibility index (Phi) is 1.95. The minimum Gasteiger partial charge on any atom is -0.370 e. The van der Waals surface area contributed by atoms with Crippen molar-refractivity contribution in [2.45, 2.75) is 44.9 Å². The third-order valence-corrected chi connectivity index (χ3v) is 6.00. The van der Waals surface area contributed by atoms with Gasteiger partial charge in [0.1, 0.15) is 0 Å². The molecule has 1 aromatic heterocycles. The van der Waals surface area contributed by atoms with Crippen molar-refractivity contribution in [2.24, 2.45) is 21.9 Å². The zero-order valence-corrected chi connectivity index (χ0v) is 11.3. The average molecular weight is 250 g/mol. The maximum atomic E-state index is 5.41. The van der Waals surface area contributed by atoms with Gasteiger partial charge in [-0.25, -0.2) is 4.98 Å². The predicted octanol–water partition coefficient (Wildman–Crippen LogP) is 2.22. The summed E-state index contributed by atoms with van der Waals surface area (Å²) in [5, 5.41) is 0.712. The molecule has 0 radical (unpaired) electrons. The van der Waals surface area contributed by atoms with Gasteiger partial charge in [-0.05, 0) is 18.3 Å². The second-order valence-corrected chi connectivity index (χ2v) is 6.90. The van der Waals surface area contributed by atoms with Gasteiger partial charge in [-0.1, -0.05) is 32.1 Å². The van der Waals surface area contributed by atoms with Crippen molar-refractivity contribution in [1.82, 2.24) is 4.98 Å². The number of aromatic nitrogens is 1. The normalized spacial score (nSPS) is 32.5. The molecule has 92 valence electrons. The summed E-state index contributed by atoms with van der Waals surface area (Å²) >= 11 is 1.66. The van der Waals surface area contributed by atoms with E-state index in [9.17, 15) is 0 Å². The first kappa shape index (κ1) is 11.0. The minimum absolute atomic E-state index is 0.0918. The van der Waals surface area contributed by atoms with Crippen molar-refractivity contribution in [3.8, 4) is 0 Å². The van der Waals surface area contributed by atoms with Crippen molar-refractivity contribution < 1.29 is 0 Å². The summed E-state index contributed by atoms with van der Waals surface area (Å²) in [7, 11) is 0. The van der Waals surface area contributed by atoms with Gasteiger partial charge in [-0.2, -0.15) is 4.99 Å². The Bertz CT molecular complexity index is 513.